The largest absolute Gasteiger partial charge is 0.258 e. The highest BCUT2D eigenvalue weighted by Crippen LogP contribution is 2.38. The molecule has 1 aliphatic carbocycles. The molecular formula is C12H19N. The first-order valence-electron chi connectivity index (χ1n) is 5.21. The van der Waals surface area contributed by atoms with Gasteiger partial charge in [0.2, 0.25) is 0 Å². The van der Waals surface area contributed by atoms with Gasteiger partial charge in [-0.3, -0.25) is 4.98 Å². The summed E-state index contributed by atoms with van der Waals surface area (Å²) in [7, 11) is 0. The standard InChI is InChI=1S/C10H13N.C2H6/c1-7-3-6-10(9-4-5-9)11-8(7)2;1-2/h3,6,9H,4-5H2,1-2H3;1-2H3. The van der Waals surface area contributed by atoms with E-state index in [0.717, 1.165) is 5.92 Å². The maximum atomic E-state index is 4.53. The van der Waals surface area contributed by atoms with Crippen molar-refractivity contribution in [3.63, 3.8) is 0 Å². The third kappa shape index (κ3) is 2.55. The molecular weight excluding hydrogens is 158 g/mol. The van der Waals surface area contributed by atoms with E-state index in [-0.39, 0.29) is 0 Å². The van der Waals surface area contributed by atoms with Crippen molar-refractivity contribution in [2.24, 2.45) is 0 Å². The molecule has 0 unspecified atom stereocenters. The first kappa shape index (κ1) is 10.2. The molecule has 0 aliphatic heterocycles. The lowest BCUT2D eigenvalue weighted by Gasteiger charge is -2.01. The van der Waals surface area contributed by atoms with Gasteiger partial charge in [0, 0.05) is 17.3 Å². The highest BCUT2D eigenvalue weighted by molar-refractivity contribution is 5.24. The molecule has 0 saturated heterocycles. The van der Waals surface area contributed by atoms with E-state index in [1.807, 2.05) is 13.8 Å². The van der Waals surface area contributed by atoms with E-state index in [2.05, 4.69) is 31.0 Å². The molecule has 1 aliphatic rings. The zero-order valence-corrected chi connectivity index (χ0v) is 9.09. The van der Waals surface area contributed by atoms with E-state index in [4.69, 9.17) is 0 Å². The summed E-state index contributed by atoms with van der Waals surface area (Å²) in [5, 5.41) is 0. The zero-order chi connectivity index (χ0) is 9.84. The third-order valence-corrected chi connectivity index (χ3v) is 2.37. The molecule has 0 radical (unpaired) electrons. The van der Waals surface area contributed by atoms with Crippen LogP contribution in [0.3, 0.4) is 0 Å². The van der Waals surface area contributed by atoms with Gasteiger partial charge in [-0.25, -0.2) is 0 Å². The normalized spacial score (nSPS) is 14.8. The van der Waals surface area contributed by atoms with Crippen LogP contribution in [0.2, 0.25) is 0 Å². The fourth-order valence-corrected chi connectivity index (χ4v) is 1.26. The highest BCUT2D eigenvalue weighted by Gasteiger charge is 2.24. The molecule has 1 fully saturated rings. The summed E-state index contributed by atoms with van der Waals surface area (Å²) in [6.07, 6.45) is 2.69. The molecule has 0 spiro atoms. The monoisotopic (exact) mass is 177 g/mol. The summed E-state index contributed by atoms with van der Waals surface area (Å²) in [6, 6.07) is 4.34. The Bertz CT molecular complexity index is 274. The van der Waals surface area contributed by atoms with Crippen LogP contribution in [-0.2, 0) is 0 Å². The molecule has 0 bridgehead atoms. The van der Waals surface area contributed by atoms with Crippen molar-refractivity contribution < 1.29 is 0 Å². The lowest BCUT2D eigenvalue weighted by atomic mass is 10.2. The van der Waals surface area contributed by atoms with Gasteiger partial charge in [-0.2, -0.15) is 0 Å². The summed E-state index contributed by atoms with van der Waals surface area (Å²) in [5.41, 5.74) is 3.79. The summed E-state index contributed by atoms with van der Waals surface area (Å²) in [6.45, 7) is 8.19. The van der Waals surface area contributed by atoms with Crippen LogP contribution in [-0.4, -0.2) is 4.98 Å². The Labute approximate surface area is 81.2 Å². The van der Waals surface area contributed by atoms with Gasteiger partial charge in [-0.05, 0) is 38.3 Å². The van der Waals surface area contributed by atoms with Crippen LogP contribution < -0.4 is 0 Å². The van der Waals surface area contributed by atoms with Crippen LogP contribution in [0.1, 0.15) is 49.6 Å². The number of rotatable bonds is 1. The minimum absolute atomic E-state index is 0.786. The molecule has 0 amide bonds. The Morgan fingerprint density at radius 1 is 1.15 bits per heavy atom. The van der Waals surface area contributed by atoms with Gasteiger partial charge >= 0.3 is 0 Å². The maximum absolute atomic E-state index is 4.53. The second-order valence-electron chi connectivity index (χ2n) is 3.41. The molecule has 13 heavy (non-hydrogen) atoms. The Morgan fingerprint density at radius 3 is 2.23 bits per heavy atom. The van der Waals surface area contributed by atoms with Gasteiger partial charge in [0.25, 0.3) is 0 Å². The second kappa shape index (κ2) is 4.40. The maximum Gasteiger partial charge on any atom is 0.0437 e. The average molecular weight is 177 g/mol. The summed E-state index contributed by atoms with van der Waals surface area (Å²) < 4.78 is 0. The fraction of sp³-hybridized carbons (Fsp3) is 0.583. The van der Waals surface area contributed by atoms with Gasteiger partial charge < -0.3 is 0 Å². The van der Waals surface area contributed by atoms with E-state index < -0.39 is 0 Å². The molecule has 1 aromatic rings. The molecule has 1 nitrogen and oxygen atoms in total. The van der Waals surface area contributed by atoms with E-state index in [0.29, 0.717) is 0 Å². The lowest BCUT2D eigenvalue weighted by molar-refractivity contribution is 0.982. The predicted octanol–water partition coefficient (Wildman–Crippen LogP) is 3.60. The minimum atomic E-state index is 0.786. The van der Waals surface area contributed by atoms with Crippen molar-refractivity contribution in [1.82, 2.24) is 4.98 Å². The third-order valence-electron chi connectivity index (χ3n) is 2.37. The van der Waals surface area contributed by atoms with Crippen molar-refractivity contribution >= 4 is 0 Å². The van der Waals surface area contributed by atoms with Crippen LogP contribution in [0.15, 0.2) is 12.1 Å². The Hall–Kier alpha value is -0.850. The van der Waals surface area contributed by atoms with Crippen molar-refractivity contribution in [1.29, 1.82) is 0 Å². The van der Waals surface area contributed by atoms with E-state index in [1.165, 1.54) is 29.8 Å². The van der Waals surface area contributed by atoms with Crippen LogP contribution in [0, 0.1) is 13.8 Å². The molecule has 0 atom stereocenters. The average Bonchev–Trinajstić information content (AvgIpc) is 2.96. The number of hydrogen-bond donors (Lipinski definition) is 0. The lowest BCUT2D eigenvalue weighted by Crippen LogP contribution is -1.91. The summed E-state index contributed by atoms with van der Waals surface area (Å²) >= 11 is 0. The van der Waals surface area contributed by atoms with Crippen molar-refractivity contribution in [2.75, 3.05) is 0 Å². The van der Waals surface area contributed by atoms with E-state index in [1.54, 1.807) is 0 Å². The Balaban J connectivity index is 0.000000396. The van der Waals surface area contributed by atoms with Crippen molar-refractivity contribution in [2.45, 2.75) is 46.5 Å². The number of aromatic nitrogens is 1. The number of aryl methyl sites for hydroxylation is 2. The van der Waals surface area contributed by atoms with Crippen molar-refractivity contribution in [3.8, 4) is 0 Å². The van der Waals surface area contributed by atoms with Crippen LogP contribution >= 0.6 is 0 Å². The van der Waals surface area contributed by atoms with E-state index in [9.17, 15) is 0 Å². The van der Waals surface area contributed by atoms with Gasteiger partial charge in [0.1, 0.15) is 0 Å². The number of pyridine rings is 1. The topological polar surface area (TPSA) is 12.9 Å². The molecule has 0 aromatic carbocycles. The number of hydrogen-bond acceptors (Lipinski definition) is 1. The zero-order valence-electron chi connectivity index (χ0n) is 9.09. The first-order chi connectivity index (χ1) is 6.27. The van der Waals surface area contributed by atoms with Crippen LogP contribution in [0.5, 0.6) is 0 Å². The molecule has 1 aromatic heterocycles. The predicted molar refractivity (Wildman–Crippen MR) is 57.0 cm³/mol. The van der Waals surface area contributed by atoms with Gasteiger partial charge in [0.05, 0.1) is 0 Å². The van der Waals surface area contributed by atoms with Crippen LogP contribution in [0.4, 0.5) is 0 Å². The van der Waals surface area contributed by atoms with Gasteiger partial charge in [0.15, 0.2) is 0 Å². The smallest absolute Gasteiger partial charge is 0.0437 e. The summed E-state index contributed by atoms with van der Waals surface area (Å²) in [4.78, 5) is 4.53. The van der Waals surface area contributed by atoms with Crippen LogP contribution in [0.25, 0.3) is 0 Å². The summed E-state index contributed by atoms with van der Waals surface area (Å²) in [5.74, 6) is 0.786. The SMILES string of the molecule is CC.Cc1ccc(C2CC2)nc1C. The Morgan fingerprint density at radius 2 is 1.77 bits per heavy atom. The van der Waals surface area contributed by atoms with Gasteiger partial charge in [-0.15, -0.1) is 0 Å². The molecule has 1 heterocycles. The molecule has 0 N–H and O–H groups in total. The minimum Gasteiger partial charge on any atom is -0.258 e. The van der Waals surface area contributed by atoms with Gasteiger partial charge in [-0.1, -0.05) is 19.9 Å². The fourth-order valence-electron chi connectivity index (χ4n) is 1.26. The second-order valence-corrected chi connectivity index (χ2v) is 3.41. The highest BCUT2D eigenvalue weighted by atomic mass is 14.7. The molecule has 2 rings (SSSR count). The molecule has 1 heteroatoms. The number of nitrogens with zero attached hydrogens (tertiary/aromatic N) is 1. The van der Waals surface area contributed by atoms with Crippen molar-refractivity contribution in [3.05, 3.63) is 29.1 Å². The Kier molecular flexibility index (Phi) is 3.47. The molecule has 72 valence electrons. The van der Waals surface area contributed by atoms with E-state index >= 15 is 0 Å². The first-order valence-corrected chi connectivity index (χ1v) is 5.21. The molecule has 1 saturated carbocycles. The quantitative estimate of drug-likeness (QED) is 0.638.